The lowest BCUT2D eigenvalue weighted by molar-refractivity contribution is 0.0684. The molecule has 0 spiro atoms. The SMILES string of the molecule is Nc1c(F)cc2c(=O)cc(C(=O)O)n(C3CC3)c2c1F. The molecule has 3 rings (SSSR count). The van der Waals surface area contributed by atoms with Gasteiger partial charge in [0, 0.05) is 12.1 Å². The maximum atomic E-state index is 14.2. The number of hydrogen-bond acceptors (Lipinski definition) is 3. The van der Waals surface area contributed by atoms with Crippen LogP contribution in [0.2, 0.25) is 0 Å². The van der Waals surface area contributed by atoms with Gasteiger partial charge in [-0.3, -0.25) is 4.79 Å². The second kappa shape index (κ2) is 4.03. The Labute approximate surface area is 111 Å². The normalized spacial score (nSPS) is 14.7. The number of nitrogen functional groups attached to an aromatic ring is 1. The minimum absolute atomic E-state index is 0.203. The van der Waals surface area contributed by atoms with Crippen molar-refractivity contribution in [3.05, 3.63) is 39.7 Å². The number of aromatic carboxylic acids is 1. The molecule has 1 fully saturated rings. The molecule has 0 aliphatic heterocycles. The van der Waals surface area contributed by atoms with Gasteiger partial charge in [0.05, 0.1) is 10.9 Å². The van der Waals surface area contributed by atoms with Crippen LogP contribution >= 0.6 is 0 Å². The molecule has 1 aliphatic carbocycles. The summed E-state index contributed by atoms with van der Waals surface area (Å²) in [6.45, 7) is 0. The molecule has 2 aromatic rings. The van der Waals surface area contributed by atoms with Crippen LogP contribution in [-0.2, 0) is 0 Å². The van der Waals surface area contributed by atoms with E-state index in [4.69, 9.17) is 10.8 Å². The zero-order valence-electron chi connectivity index (χ0n) is 10.2. The van der Waals surface area contributed by atoms with Crippen LogP contribution < -0.4 is 11.2 Å². The molecule has 1 aromatic heterocycles. The maximum absolute atomic E-state index is 14.2. The van der Waals surface area contributed by atoms with Crippen LogP contribution in [0.1, 0.15) is 29.4 Å². The molecule has 1 aliphatic rings. The number of pyridine rings is 1. The van der Waals surface area contributed by atoms with E-state index in [0.717, 1.165) is 12.1 Å². The minimum Gasteiger partial charge on any atom is -0.477 e. The number of carbonyl (C=O) groups is 1. The zero-order chi connectivity index (χ0) is 14.6. The number of rotatable bonds is 2. The van der Waals surface area contributed by atoms with Crippen molar-refractivity contribution in [1.82, 2.24) is 4.57 Å². The average molecular weight is 280 g/mol. The highest BCUT2D eigenvalue weighted by Crippen LogP contribution is 2.39. The summed E-state index contributed by atoms with van der Waals surface area (Å²) in [5, 5.41) is 8.95. The van der Waals surface area contributed by atoms with Gasteiger partial charge in [-0.25, -0.2) is 13.6 Å². The fourth-order valence-corrected chi connectivity index (χ4v) is 2.32. The number of hydrogen-bond donors (Lipinski definition) is 2. The van der Waals surface area contributed by atoms with E-state index in [1.54, 1.807) is 0 Å². The Balaban J connectivity index is 2.55. The number of nitrogens with zero attached hydrogens (tertiary/aromatic N) is 1. The van der Waals surface area contributed by atoms with Crippen molar-refractivity contribution < 1.29 is 18.7 Å². The predicted molar refractivity (Wildman–Crippen MR) is 67.8 cm³/mol. The molecule has 3 N–H and O–H groups in total. The highest BCUT2D eigenvalue weighted by Gasteiger charge is 2.31. The molecular formula is C13H10F2N2O3. The van der Waals surface area contributed by atoms with Gasteiger partial charge in [-0.1, -0.05) is 0 Å². The Morgan fingerprint density at radius 2 is 2.00 bits per heavy atom. The van der Waals surface area contributed by atoms with Crippen molar-refractivity contribution in [2.75, 3.05) is 5.73 Å². The van der Waals surface area contributed by atoms with E-state index >= 15 is 0 Å². The van der Waals surface area contributed by atoms with Crippen LogP contribution in [0.5, 0.6) is 0 Å². The van der Waals surface area contributed by atoms with E-state index in [1.165, 1.54) is 4.57 Å². The van der Waals surface area contributed by atoms with Gasteiger partial charge in [0.2, 0.25) is 0 Å². The summed E-state index contributed by atoms with van der Waals surface area (Å²) in [5.74, 6) is -3.46. The van der Waals surface area contributed by atoms with E-state index in [-0.39, 0.29) is 22.6 Å². The molecule has 0 unspecified atom stereocenters. The molecule has 0 radical (unpaired) electrons. The van der Waals surface area contributed by atoms with Gasteiger partial charge in [-0.15, -0.1) is 0 Å². The Morgan fingerprint density at radius 1 is 1.35 bits per heavy atom. The summed E-state index contributed by atoms with van der Waals surface area (Å²) in [6.07, 6.45) is 1.35. The molecule has 0 bridgehead atoms. The van der Waals surface area contributed by atoms with Gasteiger partial charge in [0.15, 0.2) is 11.2 Å². The summed E-state index contributed by atoms with van der Waals surface area (Å²) < 4.78 is 28.9. The minimum atomic E-state index is -1.34. The number of carboxylic acids is 1. The number of aromatic nitrogens is 1. The van der Waals surface area contributed by atoms with Crippen molar-refractivity contribution in [1.29, 1.82) is 0 Å². The van der Waals surface area contributed by atoms with Crippen molar-refractivity contribution in [3.8, 4) is 0 Å². The van der Waals surface area contributed by atoms with Crippen LogP contribution in [0, 0.1) is 11.6 Å². The van der Waals surface area contributed by atoms with E-state index in [1.807, 2.05) is 0 Å². The molecule has 1 aromatic carbocycles. The van der Waals surface area contributed by atoms with Gasteiger partial charge in [-0.05, 0) is 18.9 Å². The molecule has 5 nitrogen and oxygen atoms in total. The molecule has 0 saturated heterocycles. The lowest BCUT2D eigenvalue weighted by Gasteiger charge is -2.15. The Hall–Kier alpha value is -2.44. The molecule has 1 saturated carbocycles. The van der Waals surface area contributed by atoms with Crippen LogP contribution in [0.25, 0.3) is 10.9 Å². The van der Waals surface area contributed by atoms with Gasteiger partial charge < -0.3 is 15.4 Å². The first-order chi connectivity index (χ1) is 9.41. The summed E-state index contributed by atoms with van der Waals surface area (Å²) in [7, 11) is 0. The first-order valence-electron chi connectivity index (χ1n) is 5.98. The van der Waals surface area contributed by atoms with Crippen LogP contribution in [0.15, 0.2) is 16.9 Å². The monoisotopic (exact) mass is 280 g/mol. The second-order valence-corrected chi connectivity index (χ2v) is 4.78. The van der Waals surface area contributed by atoms with Crippen LogP contribution in [0.3, 0.4) is 0 Å². The number of anilines is 1. The number of carboxylic acid groups (broad SMARTS) is 1. The van der Waals surface area contributed by atoms with Crippen molar-refractivity contribution in [2.24, 2.45) is 0 Å². The van der Waals surface area contributed by atoms with E-state index < -0.39 is 28.7 Å². The zero-order valence-corrected chi connectivity index (χ0v) is 10.2. The fraction of sp³-hybridized carbons (Fsp3) is 0.231. The summed E-state index contributed by atoms with van der Waals surface area (Å²) in [5.41, 5.74) is 3.29. The largest absolute Gasteiger partial charge is 0.477 e. The first kappa shape index (κ1) is 12.6. The molecule has 104 valence electrons. The van der Waals surface area contributed by atoms with Crippen molar-refractivity contribution in [2.45, 2.75) is 18.9 Å². The lowest BCUT2D eigenvalue weighted by atomic mass is 10.1. The number of nitrogens with two attached hydrogens (primary N) is 1. The van der Waals surface area contributed by atoms with Crippen LogP contribution in [-0.4, -0.2) is 15.6 Å². The molecule has 7 heteroatoms. The average Bonchev–Trinajstić information content (AvgIpc) is 3.21. The lowest BCUT2D eigenvalue weighted by Crippen LogP contribution is -2.19. The van der Waals surface area contributed by atoms with E-state index in [2.05, 4.69) is 0 Å². The molecule has 0 atom stereocenters. The van der Waals surface area contributed by atoms with Crippen molar-refractivity contribution in [3.63, 3.8) is 0 Å². The van der Waals surface area contributed by atoms with Gasteiger partial charge >= 0.3 is 5.97 Å². The Bertz CT molecular complexity index is 810. The summed E-state index contributed by atoms with van der Waals surface area (Å²) in [6, 6.07) is 1.53. The summed E-state index contributed by atoms with van der Waals surface area (Å²) in [4.78, 5) is 23.1. The van der Waals surface area contributed by atoms with Gasteiger partial charge in [0.1, 0.15) is 17.2 Å². The third-order valence-corrected chi connectivity index (χ3v) is 3.39. The van der Waals surface area contributed by atoms with Crippen LogP contribution in [0.4, 0.5) is 14.5 Å². The topological polar surface area (TPSA) is 85.3 Å². The maximum Gasteiger partial charge on any atom is 0.352 e. The Kier molecular flexibility index (Phi) is 2.53. The third kappa shape index (κ3) is 1.66. The highest BCUT2D eigenvalue weighted by atomic mass is 19.1. The quantitative estimate of drug-likeness (QED) is 0.823. The smallest absolute Gasteiger partial charge is 0.352 e. The number of halogens is 2. The molecule has 20 heavy (non-hydrogen) atoms. The predicted octanol–water partition coefficient (Wildman–Crippen LogP) is 1.90. The van der Waals surface area contributed by atoms with E-state index in [9.17, 15) is 18.4 Å². The molecule has 0 amide bonds. The molecular weight excluding hydrogens is 270 g/mol. The standard InChI is InChI=1S/C13H10F2N2O3/c14-7-3-6-9(18)4-8(13(19)20)17(5-1-2-5)12(6)10(15)11(7)16/h3-5H,1-2,16H2,(H,19,20). The molecule has 1 heterocycles. The first-order valence-corrected chi connectivity index (χ1v) is 5.98. The second-order valence-electron chi connectivity index (χ2n) is 4.78. The summed E-state index contributed by atoms with van der Waals surface area (Å²) >= 11 is 0. The number of fused-ring (bicyclic) bond motifs is 1. The Morgan fingerprint density at radius 3 is 2.55 bits per heavy atom. The number of benzene rings is 1. The highest BCUT2D eigenvalue weighted by molar-refractivity contribution is 5.92. The van der Waals surface area contributed by atoms with Crippen molar-refractivity contribution >= 4 is 22.6 Å². The van der Waals surface area contributed by atoms with Gasteiger partial charge in [0.25, 0.3) is 0 Å². The fourth-order valence-electron chi connectivity index (χ4n) is 2.32. The van der Waals surface area contributed by atoms with Gasteiger partial charge in [-0.2, -0.15) is 0 Å². The third-order valence-electron chi connectivity index (χ3n) is 3.39. The van der Waals surface area contributed by atoms with E-state index in [0.29, 0.717) is 12.8 Å².